The van der Waals surface area contributed by atoms with E-state index >= 15 is 0 Å². The van der Waals surface area contributed by atoms with Gasteiger partial charge in [0.1, 0.15) is 0 Å². The molecule has 152 valence electrons. The van der Waals surface area contributed by atoms with Gasteiger partial charge in [-0.2, -0.15) is 0 Å². The van der Waals surface area contributed by atoms with Gasteiger partial charge in [-0.15, -0.1) is 0 Å². The molecule has 1 fully saturated rings. The maximum atomic E-state index is 10.4. The molecule has 0 saturated carbocycles. The Labute approximate surface area is 158 Å². The van der Waals surface area contributed by atoms with Crippen molar-refractivity contribution < 1.29 is 19.8 Å². The van der Waals surface area contributed by atoms with Crippen LogP contribution in [0.4, 0.5) is 0 Å². The van der Waals surface area contributed by atoms with Crippen LogP contribution in [0.15, 0.2) is 0 Å². The maximum Gasteiger partial charge on any atom is 0.303 e. The molecule has 0 atom stereocenters. The number of carboxylic acid groups (broad SMARTS) is 2. The van der Waals surface area contributed by atoms with Gasteiger partial charge in [0, 0.05) is 39.0 Å². The van der Waals surface area contributed by atoms with E-state index in [4.69, 9.17) is 10.2 Å². The predicted molar refractivity (Wildman–Crippen MR) is 104 cm³/mol. The Morgan fingerprint density at radius 2 is 0.846 bits per heavy atom. The second-order valence-corrected chi connectivity index (χ2v) is 7.51. The van der Waals surface area contributed by atoms with E-state index in [9.17, 15) is 9.59 Å². The van der Waals surface area contributed by atoms with E-state index in [-0.39, 0.29) is 0 Å². The van der Waals surface area contributed by atoms with Crippen LogP contribution in [0.25, 0.3) is 0 Å². The summed E-state index contributed by atoms with van der Waals surface area (Å²) in [7, 11) is 0. The Balaban J connectivity index is 1.87. The fraction of sp³-hybridized carbons (Fsp3) is 0.900. The van der Waals surface area contributed by atoms with Gasteiger partial charge >= 0.3 is 11.9 Å². The van der Waals surface area contributed by atoms with Crippen molar-refractivity contribution in [2.45, 2.75) is 77.0 Å². The minimum atomic E-state index is -0.680. The van der Waals surface area contributed by atoms with E-state index in [1.54, 1.807) is 0 Å². The van der Waals surface area contributed by atoms with Crippen molar-refractivity contribution in [3.8, 4) is 0 Å². The Morgan fingerprint density at radius 3 is 1.19 bits per heavy atom. The summed E-state index contributed by atoms with van der Waals surface area (Å²) in [6.45, 7) is 7.01. The third-order valence-corrected chi connectivity index (χ3v) is 5.19. The summed E-state index contributed by atoms with van der Waals surface area (Å²) in [6, 6.07) is 0. The minimum Gasteiger partial charge on any atom is -0.481 e. The zero-order valence-corrected chi connectivity index (χ0v) is 16.3. The lowest BCUT2D eigenvalue weighted by molar-refractivity contribution is -0.138. The third-order valence-electron chi connectivity index (χ3n) is 5.19. The van der Waals surface area contributed by atoms with Gasteiger partial charge in [0.05, 0.1) is 0 Å². The van der Waals surface area contributed by atoms with Crippen LogP contribution >= 0.6 is 0 Å². The number of unbranched alkanes of at least 4 members (excludes halogenated alkanes) is 8. The Morgan fingerprint density at radius 1 is 0.538 bits per heavy atom. The number of hydrogen-bond acceptors (Lipinski definition) is 4. The smallest absolute Gasteiger partial charge is 0.303 e. The minimum absolute atomic E-state index is 0.310. The van der Waals surface area contributed by atoms with Gasteiger partial charge in [-0.05, 0) is 38.8 Å². The largest absolute Gasteiger partial charge is 0.481 e. The lowest BCUT2D eigenvalue weighted by atomic mass is 10.1. The van der Waals surface area contributed by atoms with Crippen molar-refractivity contribution in [1.29, 1.82) is 0 Å². The van der Waals surface area contributed by atoms with E-state index in [0.717, 1.165) is 64.7 Å². The highest BCUT2D eigenvalue weighted by Gasteiger charge is 2.15. The molecule has 1 heterocycles. The molecule has 6 nitrogen and oxygen atoms in total. The van der Waals surface area contributed by atoms with Gasteiger partial charge in [0.2, 0.25) is 0 Å². The number of carboxylic acids is 2. The van der Waals surface area contributed by atoms with Crippen LogP contribution in [0.5, 0.6) is 0 Å². The Bertz CT molecular complexity index is 346. The molecule has 0 unspecified atom stereocenters. The van der Waals surface area contributed by atoms with Gasteiger partial charge < -0.3 is 20.0 Å². The summed E-state index contributed by atoms with van der Waals surface area (Å²) >= 11 is 0. The summed E-state index contributed by atoms with van der Waals surface area (Å²) in [4.78, 5) is 26.0. The average molecular weight is 371 g/mol. The molecule has 0 aromatic rings. The standard InChI is InChI=1S/C20H38N2O4/c23-19(24)11-7-3-1-5-9-13-21-15-17-22(18-16-21)14-10-6-2-4-8-12-20(25)26/h1-18H2,(H,23,24)(H,25,26). The molecule has 0 radical (unpaired) electrons. The molecule has 1 aliphatic heterocycles. The third kappa shape index (κ3) is 13.1. The van der Waals surface area contributed by atoms with Crippen LogP contribution in [0.3, 0.4) is 0 Å². The number of nitrogens with zero attached hydrogens (tertiary/aromatic N) is 2. The molecule has 6 heteroatoms. The highest BCUT2D eigenvalue weighted by molar-refractivity contribution is 5.66. The number of hydrogen-bond donors (Lipinski definition) is 2. The SMILES string of the molecule is O=C(O)CCCCCCCN1CCN(CCCCCCCC(=O)O)CC1. The molecule has 0 spiro atoms. The molecule has 0 aromatic heterocycles. The van der Waals surface area contributed by atoms with Crippen molar-refractivity contribution in [2.24, 2.45) is 0 Å². The predicted octanol–water partition coefficient (Wildman–Crippen LogP) is 3.45. The van der Waals surface area contributed by atoms with Crippen LogP contribution in [-0.2, 0) is 9.59 Å². The highest BCUT2D eigenvalue weighted by atomic mass is 16.4. The first-order valence-corrected chi connectivity index (χ1v) is 10.5. The zero-order valence-electron chi connectivity index (χ0n) is 16.3. The number of aliphatic carboxylic acids is 2. The van der Waals surface area contributed by atoms with Crippen molar-refractivity contribution in [3.05, 3.63) is 0 Å². The number of carbonyl (C=O) groups is 2. The fourth-order valence-corrected chi connectivity index (χ4v) is 3.52. The zero-order chi connectivity index (χ0) is 19.0. The molecule has 2 N–H and O–H groups in total. The van der Waals surface area contributed by atoms with E-state index in [1.165, 1.54) is 38.8 Å². The summed E-state index contributed by atoms with van der Waals surface area (Å²) in [5.41, 5.74) is 0. The van der Waals surface area contributed by atoms with Gasteiger partial charge in [-0.3, -0.25) is 9.59 Å². The average Bonchev–Trinajstić information content (AvgIpc) is 2.60. The van der Waals surface area contributed by atoms with Crippen LogP contribution < -0.4 is 0 Å². The molecule has 1 rings (SSSR count). The van der Waals surface area contributed by atoms with Crippen molar-refractivity contribution in [1.82, 2.24) is 9.80 Å². The molecule has 26 heavy (non-hydrogen) atoms. The highest BCUT2D eigenvalue weighted by Crippen LogP contribution is 2.10. The Hall–Kier alpha value is -1.14. The quantitative estimate of drug-likeness (QED) is 0.405. The molecule has 0 bridgehead atoms. The molecule has 0 aromatic carbocycles. The monoisotopic (exact) mass is 370 g/mol. The normalized spacial score (nSPS) is 16.0. The topological polar surface area (TPSA) is 81.1 Å². The maximum absolute atomic E-state index is 10.4. The van der Waals surface area contributed by atoms with Crippen LogP contribution in [0, 0.1) is 0 Å². The Kier molecular flexibility index (Phi) is 13.2. The summed E-state index contributed by atoms with van der Waals surface area (Å²) in [5, 5.41) is 17.2. The molecule has 0 aliphatic carbocycles. The van der Waals surface area contributed by atoms with Crippen LogP contribution in [0.1, 0.15) is 77.0 Å². The van der Waals surface area contributed by atoms with E-state index in [0.29, 0.717) is 12.8 Å². The summed E-state index contributed by atoms with van der Waals surface area (Å²) in [5.74, 6) is -1.36. The van der Waals surface area contributed by atoms with Gasteiger partial charge in [0.15, 0.2) is 0 Å². The van der Waals surface area contributed by atoms with Gasteiger partial charge in [0.25, 0.3) is 0 Å². The summed E-state index contributed by atoms with van der Waals surface area (Å²) in [6.07, 6.45) is 11.5. The molecular weight excluding hydrogens is 332 g/mol. The summed E-state index contributed by atoms with van der Waals surface area (Å²) < 4.78 is 0. The lowest BCUT2D eigenvalue weighted by Crippen LogP contribution is -2.46. The number of rotatable bonds is 16. The molecule has 1 saturated heterocycles. The van der Waals surface area contributed by atoms with E-state index < -0.39 is 11.9 Å². The van der Waals surface area contributed by atoms with Crippen molar-refractivity contribution in [3.63, 3.8) is 0 Å². The lowest BCUT2D eigenvalue weighted by Gasteiger charge is -2.34. The van der Waals surface area contributed by atoms with Crippen LogP contribution in [-0.4, -0.2) is 71.2 Å². The second-order valence-electron chi connectivity index (χ2n) is 7.51. The van der Waals surface area contributed by atoms with E-state index in [1.807, 2.05) is 0 Å². The molecule has 1 aliphatic rings. The first kappa shape index (κ1) is 22.9. The fourth-order valence-electron chi connectivity index (χ4n) is 3.52. The van der Waals surface area contributed by atoms with E-state index in [2.05, 4.69) is 9.80 Å². The first-order chi connectivity index (χ1) is 12.6. The van der Waals surface area contributed by atoms with Gasteiger partial charge in [-0.25, -0.2) is 0 Å². The number of piperazine rings is 1. The second kappa shape index (κ2) is 15.0. The first-order valence-electron chi connectivity index (χ1n) is 10.5. The van der Waals surface area contributed by atoms with Crippen molar-refractivity contribution >= 4 is 11.9 Å². The van der Waals surface area contributed by atoms with Crippen LogP contribution in [0.2, 0.25) is 0 Å². The van der Waals surface area contributed by atoms with Crippen molar-refractivity contribution in [2.75, 3.05) is 39.3 Å². The molecule has 0 amide bonds. The molecular formula is C20H38N2O4. The van der Waals surface area contributed by atoms with Gasteiger partial charge in [-0.1, -0.05) is 38.5 Å².